The van der Waals surface area contributed by atoms with Gasteiger partial charge in [0.15, 0.2) is 0 Å². The number of hydrogen-bond donors (Lipinski definition) is 2. The van der Waals surface area contributed by atoms with Crippen molar-refractivity contribution in [3.63, 3.8) is 0 Å². The molecule has 0 radical (unpaired) electrons. The first kappa shape index (κ1) is 34.0. The van der Waals surface area contributed by atoms with Crippen molar-refractivity contribution in [3.05, 3.63) is 70.9 Å². The molecule has 1 unspecified atom stereocenters. The summed E-state index contributed by atoms with van der Waals surface area (Å²) in [6.45, 7) is 2.67. The molecule has 0 amide bonds. The fourth-order valence-corrected chi connectivity index (χ4v) is 7.20. The number of aromatic nitrogens is 2. The number of aliphatic hydroxyl groups excluding tert-OH is 1. The highest BCUT2D eigenvalue weighted by Gasteiger charge is 2.35. The smallest absolute Gasteiger partial charge is 0.390 e. The number of benzene rings is 2. The molecule has 3 aromatic rings. The Bertz CT molecular complexity index is 1830. The number of rotatable bonds is 9. The second-order valence-electron chi connectivity index (χ2n) is 11.1. The normalized spacial score (nSPS) is 17.2. The quantitative estimate of drug-likeness (QED) is 0.328. The van der Waals surface area contributed by atoms with Crippen LogP contribution < -0.4 is 4.72 Å². The van der Waals surface area contributed by atoms with Crippen molar-refractivity contribution >= 4 is 20.0 Å². The Balaban J connectivity index is 1.47. The third-order valence-electron chi connectivity index (χ3n) is 7.75. The lowest BCUT2D eigenvalue weighted by atomic mass is 9.98. The number of hydrogen-bond acceptors (Lipinski definition) is 8. The molecule has 2 aliphatic heterocycles. The van der Waals surface area contributed by atoms with E-state index in [1.165, 1.54) is 28.6 Å². The maximum atomic E-state index is 14.0. The van der Waals surface area contributed by atoms with Gasteiger partial charge >= 0.3 is 6.18 Å². The lowest BCUT2D eigenvalue weighted by Gasteiger charge is -2.29. The molecule has 3 heterocycles. The molecule has 0 saturated carbocycles. The van der Waals surface area contributed by atoms with Crippen molar-refractivity contribution in [2.24, 2.45) is 0 Å². The van der Waals surface area contributed by atoms with Gasteiger partial charge in [-0.1, -0.05) is 36.1 Å². The third kappa shape index (κ3) is 8.15. The molecule has 1 fully saturated rings. The van der Waals surface area contributed by atoms with Crippen LogP contribution in [0.15, 0.2) is 53.4 Å². The summed E-state index contributed by atoms with van der Waals surface area (Å²) in [6.07, 6.45) is -4.17. The van der Waals surface area contributed by atoms with Crippen LogP contribution in [-0.4, -0.2) is 99.2 Å². The Morgan fingerprint density at radius 3 is 2.43 bits per heavy atom. The van der Waals surface area contributed by atoms with Crippen molar-refractivity contribution in [1.29, 1.82) is 0 Å². The second kappa shape index (κ2) is 13.8. The summed E-state index contributed by atoms with van der Waals surface area (Å²) in [6, 6.07) is 10.9. The molecule has 46 heavy (non-hydrogen) atoms. The number of nitrogens with one attached hydrogen (secondary N) is 1. The van der Waals surface area contributed by atoms with Gasteiger partial charge in [0, 0.05) is 61.5 Å². The average Bonchev–Trinajstić information content (AvgIpc) is 3.36. The van der Waals surface area contributed by atoms with Gasteiger partial charge in [0.05, 0.1) is 54.8 Å². The van der Waals surface area contributed by atoms with E-state index in [4.69, 9.17) is 4.74 Å². The standard InChI is InChI=1S/C30H34F3N5O6S2/c1-45(40,41)37-13-11-28-26(21-37)29(35-38(28)20-24(39)19-36-14-16-44-17-15-36)23-9-10-27(30(31,32)33)22(18-23)6-5-12-34-46(42,43)25-7-3-2-4-8-25/h2-4,7-10,18,24,34,39H,11-17,19-21H2,1H3. The molecule has 5 rings (SSSR count). The zero-order valence-electron chi connectivity index (χ0n) is 25.0. The number of sulfonamides is 2. The van der Waals surface area contributed by atoms with Crippen LogP contribution in [0.2, 0.25) is 0 Å². The molecule has 1 saturated heterocycles. The number of aliphatic hydroxyl groups is 1. The van der Waals surface area contributed by atoms with E-state index in [9.17, 15) is 35.1 Å². The van der Waals surface area contributed by atoms with Gasteiger partial charge in [-0.2, -0.15) is 27.3 Å². The van der Waals surface area contributed by atoms with Crippen LogP contribution in [0, 0.1) is 11.8 Å². The van der Waals surface area contributed by atoms with Crippen LogP contribution in [0.1, 0.15) is 22.4 Å². The van der Waals surface area contributed by atoms with Crippen LogP contribution in [0.3, 0.4) is 0 Å². The summed E-state index contributed by atoms with van der Waals surface area (Å²) < 4.78 is 102. The molecular formula is C30H34F3N5O6S2. The molecule has 0 aliphatic carbocycles. The number of halogens is 3. The van der Waals surface area contributed by atoms with Crippen molar-refractivity contribution in [2.75, 3.05) is 52.2 Å². The Labute approximate surface area is 266 Å². The lowest BCUT2D eigenvalue weighted by Crippen LogP contribution is -2.42. The fourth-order valence-electron chi connectivity index (χ4n) is 5.47. The van der Waals surface area contributed by atoms with Crippen molar-refractivity contribution in [2.45, 2.75) is 36.7 Å². The molecule has 1 atom stereocenters. The highest BCUT2D eigenvalue weighted by Crippen LogP contribution is 2.36. The van der Waals surface area contributed by atoms with Gasteiger partial charge in [-0.15, -0.1) is 0 Å². The van der Waals surface area contributed by atoms with Gasteiger partial charge in [0.2, 0.25) is 20.0 Å². The van der Waals surface area contributed by atoms with E-state index in [0.29, 0.717) is 50.5 Å². The molecule has 0 spiro atoms. The van der Waals surface area contributed by atoms with Gasteiger partial charge in [-0.25, -0.2) is 16.8 Å². The molecule has 2 aromatic carbocycles. The maximum Gasteiger partial charge on any atom is 0.417 e. The second-order valence-corrected chi connectivity index (χ2v) is 14.8. The fraction of sp³-hybridized carbons (Fsp3) is 0.433. The van der Waals surface area contributed by atoms with E-state index in [2.05, 4.69) is 26.6 Å². The van der Waals surface area contributed by atoms with E-state index in [1.54, 1.807) is 22.9 Å². The number of nitrogens with zero attached hydrogens (tertiary/aromatic N) is 4. The van der Waals surface area contributed by atoms with Gasteiger partial charge in [-0.05, 0) is 24.3 Å². The van der Waals surface area contributed by atoms with Gasteiger partial charge in [-0.3, -0.25) is 9.58 Å². The molecule has 11 nitrogen and oxygen atoms in total. The first-order valence-corrected chi connectivity index (χ1v) is 17.8. The SMILES string of the molecule is CS(=O)(=O)N1CCc2c(c(-c3ccc(C(F)(F)F)c(C#CCNS(=O)(=O)c4ccccc4)c3)nn2CC(O)CN2CCOCC2)C1. The summed E-state index contributed by atoms with van der Waals surface area (Å²) in [7, 11) is -7.50. The van der Waals surface area contributed by atoms with Crippen LogP contribution in [-0.2, 0) is 50.5 Å². The Morgan fingerprint density at radius 1 is 1.04 bits per heavy atom. The Kier molecular flexibility index (Phi) is 10.2. The number of fused-ring (bicyclic) bond motifs is 1. The summed E-state index contributed by atoms with van der Waals surface area (Å²) in [5.41, 5.74) is 0.374. The highest BCUT2D eigenvalue weighted by molar-refractivity contribution is 7.89. The van der Waals surface area contributed by atoms with Crippen molar-refractivity contribution < 1.29 is 39.9 Å². The zero-order chi connectivity index (χ0) is 33.1. The van der Waals surface area contributed by atoms with E-state index < -0.39 is 50.0 Å². The van der Waals surface area contributed by atoms with E-state index in [1.807, 2.05) is 0 Å². The van der Waals surface area contributed by atoms with Crippen molar-refractivity contribution in [1.82, 2.24) is 23.7 Å². The number of morpholine rings is 1. The van der Waals surface area contributed by atoms with Crippen LogP contribution >= 0.6 is 0 Å². The summed E-state index contributed by atoms with van der Waals surface area (Å²) >= 11 is 0. The first-order valence-electron chi connectivity index (χ1n) is 14.5. The molecule has 2 aliphatic rings. The lowest BCUT2D eigenvalue weighted by molar-refractivity contribution is -0.137. The minimum atomic E-state index is -4.75. The highest BCUT2D eigenvalue weighted by atomic mass is 32.2. The molecule has 0 bridgehead atoms. The van der Waals surface area contributed by atoms with E-state index in [0.717, 1.165) is 12.3 Å². The van der Waals surface area contributed by atoms with E-state index in [-0.39, 0.29) is 35.8 Å². The van der Waals surface area contributed by atoms with Gasteiger partial charge in [0.25, 0.3) is 0 Å². The topological polar surface area (TPSA) is 134 Å². The van der Waals surface area contributed by atoms with Crippen LogP contribution in [0.5, 0.6) is 0 Å². The summed E-state index contributed by atoms with van der Waals surface area (Å²) in [5, 5.41) is 15.6. The predicted octanol–water partition coefficient (Wildman–Crippen LogP) is 1.91. The Morgan fingerprint density at radius 2 is 1.76 bits per heavy atom. The zero-order valence-corrected chi connectivity index (χ0v) is 26.6. The predicted molar refractivity (Wildman–Crippen MR) is 163 cm³/mol. The summed E-state index contributed by atoms with van der Waals surface area (Å²) in [4.78, 5) is 2.06. The minimum Gasteiger partial charge on any atom is -0.390 e. The molecule has 248 valence electrons. The summed E-state index contributed by atoms with van der Waals surface area (Å²) in [5.74, 6) is 4.94. The molecule has 2 N–H and O–H groups in total. The largest absolute Gasteiger partial charge is 0.417 e. The molecule has 1 aromatic heterocycles. The first-order chi connectivity index (χ1) is 21.7. The van der Waals surface area contributed by atoms with E-state index >= 15 is 0 Å². The average molecular weight is 682 g/mol. The molecular weight excluding hydrogens is 647 g/mol. The van der Waals surface area contributed by atoms with Crippen LogP contribution in [0.4, 0.5) is 13.2 Å². The number of alkyl halides is 3. The Hall–Kier alpha value is -3.30. The van der Waals surface area contributed by atoms with Crippen molar-refractivity contribution in [3.8, 4) is 23.1 Å². The monoisotopic (exact) mass is 681 g/mol. The maximum absolute atomic E-state index is 14.0. The molecule has 16 heteroatoms. The number of β-amino-alcohol motifs (C(OH)–C–C–N with tert-alkyl or cyclic N) is 1. The van der Waals surface area contributed by atoms with Gasteiger partial charge in [0.1, 0.15) is 0 Å². The third-order valence-corrected chi connectivity index (χ3v) is 10.4. The van der Waals surface area contributed by atoms with Crippen LogP contribution in [0.25, 0.3) is 11.3 Å². The number of ether oxygens (including phenoxy) is 1. The minimum absolute atomic E-state index is 0.00617. The van der Waals surface area contributed by atoms with Gasteiger partial charge < -0.3 is 9.84 Å².